The number of benzene rings is 1. The molecule has 7 heteroatoms. The molecular formula is C7H4BrF3O2S. The Balaban J connectivity index is 3.35. The van der Waals surface area contributed by atoms with Crippen molar-refractivity contribution in [2.45, 2.75) is 10.7 Å². The highest BCUT2D eigenvalue weighted by atomic mass is 79.9. The molecule has 0 aromatic heterocycles. The van der Waals surface area contributed by atoms with E-state index in [0.29, 0.717) is 0 Å². The summed E-state index contributed by atoms with van der Waals surface area (Å²) in [5.41, 5.74) is 0. The molecule has 0 aliphatic heterocycles. The Morgan fingerprint density at radius 3 is 2.29 bits per heavy atom. The third-order valence-electron chi connectivity index (χ3n) is 1.44. The molecule has 0 N–H and O–H groups in total. The minimum absolute atomic E-state index is 0.210. The number of halogens is 4. The van der Waals surface area contributed by atoms with Gasteiger partial charge in [0, 0.05) is 4.47 Å². The second-order valence-electron chi connectivity index (χ2n) is 2.38. The first-order chi connectivity index (χ1) is 6.35. The summed E-state index contributed by atoms with van der Waals surface area (Å²) in [7, 11) is -4.67. The molecule has 0 fully saturated rings. The number of rotatable bonds is 2. The summed E-state index contributed by atoms with van der Waals surface area (Å²) in [5.74, 6) is -4.21. The molecule has 1 aromatic rings. The molecule has 0 atom stereocenters. The van der Waals surface area contributed by atoms with E-state index in [0.717, 1.165) is 18.2 Å². The monoisotopic (exact) mass is 288 g/mol. The summed E-state index contributed by atoms with van der Waals surface area (Å²) in [4.78, 5) is -0.617. The zero-order valence-corrected chi connectivity index (χ0v) is 8.95. The lowest BCUT2D eigenvalue weighted by Gasteiger charge is -2.04. The fourth-order valence-electron chi connectivity index (χ4n) is 0.802. The van der Waals surface area contributed by atoms with E-state index in [1.165, 1.54) is 0 Å². The Morgan fingerprint density at radius 1 is 1.29 bits per heavy atom. The van der Waals surface area contributed by atoms with Gasteiger partial charge in [0.1, 0.15) is 5.82 Å². The molecule has 0 unspecified atom stereocenters. The normalized spacial score (nSPS) is 12.1. The van der Waals surface area contributed by atoms with Crippen molar-refractivity contribution >= 4 is 25.8 Å². The standard InChI is InChI=1S/C7H4BrF3O2S/c8-5-3-4(9)1-2-6(5)14(12,13)7(10)11/h1-3,7H. The Labute approximate surface area is 86.8 Å². The van der Waals surface area contributed by atoms with Gasteiger partial charge >= 0.3 is 5.76 Å². The van der Waals surface area contributed by atoms with Crippen molar-refractivity contribution in [2.24, 2.45) is 0 Å². The topological polar surface area (TPSA) is 34.1 Å². The van der Waals surface area contributed by atoms with Gasteiger partial charge in [-0.05, 0) is 34.1 Å². The largest absolute Gasteiger partial charge is 0.341 e. The number of sulfone groups is 1. The van der Waals surface area contributed by atoms with Crippen LogP contribution in [0.3, 0.4) is 0 Å². The summed E-state index contributed by atoms with van der Waals surface area (Å²) in [6.07, 6.45) is 0. The first-order valence-electron chi connectivity index (χ1n) is 3.33. The van der Waals surface area contributed by atoms with Crippen molar-refractivity contribution in [2.75, 3.05) is 0 Å². The molecule has 1 rings (SSSR count). The van der Waals surface area contributed by atoms with E-state index in [1.54, 1.807) is 0 Å². The van der Waals surface area contributed by atoms with E-state index in [4.69, 9.17) is 0 Å². The Kier molecular flexibility index (Phi) is 3.20. The lowest BCUT2D eigenvalue weighted by atomic mass is 10.3. The molecule has 0 spiro atoms. The van der Waals surface area contributed by atoms with Gasteiger partial charge in [-0.2, -0.15) is 8.78 Å². The Morgan fingerprint density at radius 2 is 1.86 bits per heavy atom. The third-order valence-corrected chi connectivity index (χ3v) is 3.79. The van der Waals surface area contributed by atoms with E-state index in [9.17, 15) is 21.6 Å². The van der Waals surface area contributed by atoms with Gasteiger partial charge in [-0.25, -0.2) is 12.8 Å². The highest BCUT2D eigenvalue weighted by Gasteiger charge is 2.28. The molecule has 1 aromatic carbocycles. The van der Waals surface area contributed by atoms with Crippen molar-refractivity contribution < 1.29 is 21.6 Å². The molecule has 0 aliphatic carbocycles. The van der Waals surface area contributed by atoms with Crippen LogP contribution in [0.2, 0.25) is 0 Å². The van der Waals surface area contributed by atoms with Crippen LogP contribution in [0.1, 0.15) is 0 Å². The van der Waals surface area contributed by atoms with Crippen LogP contribution in [0, 0.1) is 5.82 Å². The van der Waals surface area contributed by atoms with Crippen LogP contribution in [-0.2, 0) is 9.84 Å². The van der Waals surface area contributed by atoms with E-state index in [1.807, 2.05) is 0 Å². The van der Waals surface area contributed by atoms with Crippen LogP contribution in [0.4, 0.5) is 13.2 Å². The zero-order chi connectivity index (χ0) is 10.9. The highest BCUT2D eigenvalue weighted by Crippen LogP contribution is 2.26. The van der Waals surface area contributed by atoms with Gasteiger partial charge < -0.3 is 0 Å². The summed E-state index contributed by atoms with van der Waals surface area (Å²) in [6.45, 7) is 0. The van der Waals surface area contributed by atoms with Crippen molar-refractivity contribution in [3.8, 4) is 0 Å². The van der Waals surface area contributed by atoms with Crippen LogP contribution in [0.5, 0.6) is 0 Å². The maximum absolute atomic E-state index is 12.5. The van der Waals surface area contributed by atoms with Gasteiger partial charge in [0.05, 0.1) is 4.90 Å². The molecule has 0 saturated carbocycles. The third kappa shape index (κ3) is 2.09. The molecule has 0 heterocycles. The van der Waals surface area contributed by atoms with Crippen molar-refractivity contribution in [1.29, 1.82) is 0 Å². The van der Waals surface area contributed by atoms with Gasteiger partial charge in [0.25, 0.3) is 0 Å². The molecular weight excluding hydrogens is 285 g/mol. The average molecular weight is 289 g/mol. The molecule has 0 radical (unpaired) electrons. The van der Waals surface area contributed by atoms with Gasteiger partial charge in [-0.3, -0.25) is 0 Å². The first-order valence-corrected chi connectivity index (χ1v) is 5.66. The summed E-state index contributed by atoms with van der Waals surface area (Å²) in [5, 5.41) is 0. The minimum Gasteiger partial charge on any atom is -0.218 e. The van der Waals surface area contributed by atoms with Crippen LogP contribution < -0.4 is 0 Å². The SMILES string of the molecule is O=S(=O)(c1ccc(F)cc1Br)C(F)F. The highest BCUT2D eigenvalue weighted by molar-refractivity contribution is 9.10. The molecule has 0 saturated heterocycles. The van der Waals surface area contributed by atoms with Gasteiger partial charge in [0.15, 0.2) is 0 Å². The van der Waals surface area contributed by atoms with E-state index < -0.39 is 26.3 Å². The lowest BCUT2D eigenvalue weighted by molar-refractivity contribution is 0.234. The molecule has 78 valence electrons. The van der Waals surface area contributed by atoms with Crippen molar-refractivity contribution in [3.63, 3.8) is 0 Å². The van der Waals surface area contributed by atoms with E-state index in [2.05, 4.69) is 15.9 Å². The summed E-state index contributed by atoms with van der Waals surface area (Å²) in [6, 6.07) is 2.41. The number of hydrogen-bond donors (Lipinski definition) is 0. The van der Waals surface area contributed by atoms with Gasteiger partial charge in [-0.1, -0.05) is 0 Å². The Bertz CT molecular complexity index is 444. The van der Waals surface area contributed by atoms with Crippen LogP contribution >= 0.6 is 15.9 Å². The summed E-state index contributed by atoms with van der Waals surface area (Å²) >= 11 is 2.70. The summed E-state index contributed by atoms with van der Waals surface area (Å²) < 4.78 is 58.4. The smallest absolute Gasteiger partial charge is 0.218 e. The second kappa shape index (κ2) is 3.90. The zero-order valence-electron chi connectivity index (χ0n) is 6.55. The fourth-order valence-corrected chi connectivity index (χ4v) is 2.61. The quantitative estimate of drug-likeness (QED) is 0.784. The predicted molar refractivity (Wildman–Crippen MR) is 47.3 cm³/mol. The minimum atomic E-state index is -4.67. The molecule has 0 amide bonds. The molecule has 2 nitrogen and oxygen atoms in total. The lowest BCUT2D eigenvalue weighted by Crippen LogP contribution is -2.12. The fraction of sp³-hybridized carbons (Fsp3) is 0.143. The number of alkyl halides is 2. The van der Waals surface area contributed by atoms with E-state index >= 15 is 0 Å². The van der Waals surface area contributed by atoms with Crippen molar-refractivity contribution in [1.82, 2.24) is 0 Å². The predicted octanol–water partition coefficient (Wildman–Crippen LogP) is 2.58. The van der Waals surface area contributed by atoms with E-state index in [-0.39, 0.29) is 4.47 Å². The molecule has 14 heavy (non-hydrogen) atoms. The second-order valence-corrected chi connectivity index (χ2v) is 5.12. The molecule has 0 bridgehead atoms. The van der Waals surface area contributed by atoms with Crippen molar-refractivity contribution in [3.05, 3.63) is 28.5 Å². The average Bonchev–Trinajstić information content (AvgIpc) is 2.02. The van der Waals surface area contributed by atoms with Crippen LogP contribution in [-0.4, -0.2) is 14.2 Å². The molecule has 0 aliphatic rings. The maximum atomic E-state index is 12.5. The Hall–Kier alpha value is -0.560. The van der Waals surface area contributed by atoms with Crippen LogP contribution in [0.25, 0.3) is 0 Å². The first kappa shape index (κ1) is 11.5. The van der Waals surface area contributed by atoms with Crippen LogP contribution in [0.15, 0.2) is 27.6 Å². The number of hydrogen-bond acceptors (Lipinski definition) is 2. The van der Waals surface area contributed by atoms with Gasteiger partial charge in [-0.15, -0.1) is 0 Å². The maximum Gasteiger partial charge on any atom is 0.341 e. The van der Waals surface area contributed by atoms with Gasteiger partial charge in [0.2, 0.25) is 9.84 Å².